The van der Waals surface area contributed by atoms with Gasteiger partial charge in [0.2, 0.25) is 0 Å². The van der Waals surface area contributed by atoms with E-state index in [1.165, 1.54) is 0 Å². The highest BCUT2D eigenvalue weighted by molar-refractivity contribution is 5.16. The molecule has 0 aromatic heterocycles. The lowest BCUT2D eigenvalue weighted by molar-refractivity contribution is -0.0539. The zero-order valence-electron chi connectivity index (χ0n) is 5.90. The second-order valence-corrected chi connectivity index (χ2v) is 2.52. The van der Waals surface area contributed by atoms with E-state index in [-0.39, 0.29) is 6.61 Å². The van der Waals surface area contributed by atoms with Crippen LogP contribution >= 0.6 is 0 Å². The van der Waals surface area contributed by atoms with E-state index in [1.54, 1.807) is 0 Å². The van der Waals surface area contributed by atoms with Crippen LogP contribution < -0.4 is 0 Å². The van der Waals surface area contributed by atoms with E-state index in [1.807, 2.05) is 0 Å². The Morgan fingerprint density at radius 2 is 2.27 bits per heavy atom. The van der Waals surface area contributed by atoms with E-state index in [2.05, 4.69) is 5.92 Å². The van der Waals surface area contributed by atoms with E-state index in [9.17, 15) is 5.11 Å². The SMILES string of the molecule is C#C[C@]1(CO)OC[C@@H](O)[C@@H]1O. The molecular weight excluding hydrogens is 148 g/mol. The summed E-state index contributed by atoms with van der Waals surface area (Å²) < 4.78 is 4.88. The van der Waals surface area contributed by atoms with E-state index in [0.29, 0.717) is 0 Å². The predicted molar refractivity (Wildman–Crippen MR) is 36.6 cm³/mol. The van der Waals surface area contributed by atoms with Gasteiger partial charge in [-0.1, -0.05) is 5.92 Å². The minimum Gasteiger partial charge on any atom is -0.392 e. The lowest BCUT2D eigenvalue weighted by atomic mass is 9.98. The largest absolute Gasteiger partial charge is 0.392 e. The van der Waals surface area contributed by atoms with Gasteiger partial charge in [-0.2, -0.15) is 0 Å². The molecule has 0 unspecified atom stereocenters. The van der Waals surface area contributed by atoms with Crippen molar-refractivity contribution >= 4 is 0 Å². The molecule has 0 radical (unpaired) electrons. The van der Waals surface area contributed by atoms with Crippen molar-refractivity contribution in [2.75, 3.05) is 13.2 Å². The lowest BCUT2D eigenvalue weighted by Gasteiger charge is -2.23. The van der Waals surface area contributed by atoms with Crippen molar-refractivity contribution in [3.63, 3.8) is 0 Å². The molecule has 62 valence electrons. The van der Waals surface area contributed by atoms with Crippen molar-refractivity contribution in [2.24, 2.45) is 0 Å². The molecular formula is C7H10O4. The summed E-state index contributed by atoms with van der Waals surface area (Å²) in [6, 6.07) is 0. The molecule has 1 aliphatic rings. The van der Waals surface area contributed by atoms with Gasteiger partial charge in [0.1, 0.15) is 12.2 Å². The molecule has 1 aliphatic heterocycles. The van der Waals surface area contributed by atoms with Gasteiger partial charge in [-0.05, 0) is 0 Å². The van der Waals surface area contributed by atoms with Crippen LogP contribution in [0.15, 0.2) is 0 Å². The molecule has 0 aliphatic carbocycles. The number of hydrogen-bond acceptors (Lipinski definition) is 4. The smallest absolute Gasteiger partial charge is 0.179 e. The Labute approximate surface area is 64.4 Å². The lowest BCUT2D eigenvalue weighted by Crippen LogP contribution is -2.44. The Morgan fingerprint density at radius 1 is 1.64 bits per heavy atom. The van der Waals surface area contributed by atoms with Gasteiger partial charge in [0.05, 0.1) is 13.2 Å². The highest BCUT2D eigenvalue weighted by Crippen LogP contribution is 2.25. The fourth-order valence-corrected chi connectivity index (χ4v) is 1.03. The fraction of sp³-hybridized carbons (Fsp3) is 0.714. The van der Waals surface area contributed by atoms with Crippen molar-refractivity contribution in [3.8, 4) is 12.3 Å². The standard InChI is InChI=1S/C7H10O4/c1-2-7(4-8)6(10)5(9)3-11-7/h1,5-6,8-10H,3-4H2/t5-,6+,7-/m1/s1. The first-order valence-electron chi connectivity index (χ1n) is 3.25. The molecule has 1 heterocycles. The number of aliphatic hydroxyl groups is 3. The van der Waals surface area contributed by atoms with E-state index < -0.39 is 24.4 Å². The van der Waals surface area contributed by atoms with Crippen molar-refractivity contribution < 1.29 is 20.1 Å². The maximum absolute atomic E-state index is 9.23. The van der Waals surface area contributed by atoms with Crippen LogP contribution in [0.1, 0.15) is 0 Å². The Kier molecular flexibility index (Phi) is 2.16. The number of rotatable bonds is 1. The molecule has 11 heavy (non-hydrogen) atoms. The molecule has 4 heteroatoms. The summed E-state index contributed by atoms with van der Waals surface area (Å²) in [5.41, 5.74) is -1.40. The molecule has 1 saturated heterocycles. The highest BCUT2D eigenvalue weighted by atomic mass is 16.6. The minimum atomic E-state index is -1.40. The molecule has 3 N–H and O–H groups in total. The molecule has 0 aromatic rings. The Bertz CT molecular complexity index is 185. The molecule has 3 atom stereocenters. The molecule has 0 saturated carbocycles. The van der Waals surface area contributed by atoms with Crippen LogP contribution in [0.3, 0.4) is 0 Å². The quantitative estimate of drug-likeness (QED) is 0.390. The Balaban J connectivity index is 2.80. The first kappa shape index (κ1) is 8.50. The third kappa shape index (κ3) is 1.12. The minimum absolute atomic E-state index is 0.0358. The van der Waals surface area contributed by atoms with Gasteiger partial charge in [-0.3, -0.25) is 0 Å². The summed E-state index contributed by atoms with van der Waals surface area (Å²) >= 11 is 0. The van der Waals surface area contributed by atoms with Crippen LogP contribution in [-0.4, -0.2) is 46.3 Å². The van der Waals surface area contributed by atoms with Crippen LogP contribution in [0.2, 0.25) is 0 Å². The van der Waals surface area contributed by atoms with E-state index in [4.69, 9.17) is 21.4 Å². The molecule has 0 aromatic carbocycles. The average molecular weight is 158 g/mol. The zero-order chi connectivity index (χ0) is 8.48. The summed E-state index contributed by atoms with van der Waals surface area (Å²) in [6.45, 7) is -0.520. The van der Waals surface area contributed by atoms with Gasteiger partial charge in [0.15, 0.2) is 5.60 Å². The monoisotopic (exact) mass is 158 g/mol. The van der Waals surface area contributed by atoms with Gasteiger partial charge < -0.3 is 20.1 Å². The van der Waals surface area contributed by atoms with Crippen molar-refractivity contribution in [1.29, 1.82) is 0 Å². The predicted octanol–water partition coefficient (Wildman–Crippen LogP) is -1.90. The van der Waals surface area contributed by atoms with Gasteiger partial charge >= 0.3 is 0 Å². The molecule has 1 rings (SSSR count). The zero-order valence-corrected chi connectivity index (χ0v) is 5.90. The maximum Gasteiger partial charge on any atom is 0.179 e. The number of terminal acetylenes is 1. The summed E-state index contributed by atoms with van der Waals surface area (Å²) in [4.78, 5) is 0. The van der Waals surface area contributed by atoms with Crippen LogP contribution in [-0.2, 0) is 4.74 Å². The number of hydrogen-bond donors (Lipinski definition) is 3. The summed E-state index contributed by atoms with van der Waals surface area (Å²) in [5, 5.41) is 27.0. The Morgan fingerprint density at radius 3 is 2.45 bits per heavy atom. The molecule has 0 amide bonds. The van der Waals surface area contributed by atoms with Gasteiger partial charge in [0, 0.05) is 0 Å². The normalized spacial score (nSPS) is 43.8. The van der Waals surface area contributed by atoms with Crippen molar-refractivity contribution in [2.45, 2.75) is 17.8 Å². The first-order chi connectivity index (χ1) is 5.16. The molecule has 1 fully saturated rings. The topological polar surface area (TPSA) is 69.9 Å². The average Bonchev–Trinajstić information content (AvgIpc) is 2.32. The Hall–Kier alpha value is -0.600. The third-order valence-corrected chi connectivity index (χ3v) is 1.83. The van der Waals surface area contributed by atoms with Crippen molar-refractivity contribution in [1.82, 2.24) is 0 Å². The van der Waals surface area contributed by atoms with Gasteiger partial charge in [-0.25, -0.2) is 0 Å². The first-order valence-corrected chi connectivity index (χ1v) is 3.25. The second kappa shape index (κ2) is 2.80. The van der Waals surface area contributed by atoms with E-state index >= 15 is 0 Å². The number of ether oxygens (including phenoxy) is 1. The van der Waals surface area contributed by atoms with Gasteiger partial charge in [0.25, 0.3) is 0 Å². The van der Waals surface area contributed by atoms with Crippen LogP contribution in [0.25, 0.3) is 0 Å². The summed E-state index contributed by atoms with van der Waals surface area (Å²) in [5.74, 6) is 2.13. The van der Waals surface area contributed by atoms with Crippen LogP contribution in [0.4, 0.5) is 0 Å². The summed E-state index contributed by atoms with van der Waals surface area (Å²) in [7, 11) is 0. The molecule has 0 spiro atoms. The van der Waals surface area contributed by atoms with Crippen LogP contribution in [0, 0.1) is 12.3 Å². The second-order valence-electron chi connectivity index (χ2n) is 2.52. The molecule has 4 nitrogen and oxygen atoms in total. The summed E-state index contributed by atoms with van der Waals surface area (Å²) in [6.07, 6.45) is 2.83. The van der Waals surface area contributed by atoms with Gasteiger partial charge in [-0.15, -0.1) is 6.42 Å². The number of aliphatic hydroxyl groups excluding tert-OH is 3. The van der Waals surface area contributed by atoms with Crippen molar-refractivity contribution in [3.05, 3.63) is 0 Å². The highest BCUT2D eigenvalue weighted by Gasteiger charge is 2.47. The van der Waals surface area contributed by atoms with Crippen LogP contribution in [0.5, 0.6) is 0 Å². The fourth-order valence-electron chi connectivity index (χ4n) is 1.03. The molecule has 0 bridgehead atoms. The third-order valence-electron chi connectivity index (χ3n) is 1.83. The van der Waals surface area contributed by atoms with E-state index in [0.717, 1.165) is 0 Å². The maximum atomic E-state index is 9.23.